The molecule has 0 unspecified atom stereocenters. The quantitative estimate of drug-likeness (QED) is 0.377. The van der Waals surface area contributed by atoms with Gasteiger partial charge in [0.1, 0.15) is 11.2 Å². The summed E-state index contributed by atoms with van der Waals surface area (Å²) in [5.41, 5.74) is 5.89. The first-order chi connectivity index (χ1) is 8.24. The SMILES string of the molecule is CC(=O)c1ccc(N)cc1S(=O)(=O)N=CN(C)C. The Morgan fingerprint density at radius 1 is 1.39 bits per heavy atom. The van der Waals surface area contributed by atoms with Crippen molar-refractivity contribution in [2.75, 3.05) is 19.8 Å². The van der Waals surface area contributed by atoms with Crippen molar-refractivity contribution in [2.24, 2.45) is 4.40 Å². The van der Waals surface area contributed by atoms with E-state index >= 15 is 0 Å². The molecule has 7 heteroatoms. The molecular weight excluding hydrogens is 254 g/mol. The van der Waals surface area contributed by atoms with Gasteiger partial charge >= 0.3 is 0 Å². The highest BCUT2D eigenvalue weighted by atomic mass is 32.2. The molecule has 0 aromatic heterocycles. The molecule has 0 saturated heterocycles. The van der Waals surface area contributed by atoms with Gasteiger partial charge in [-0.05, 0) is 25.1 Å². The minimum atomic E-state index is -3.93. The van der Waals surface area contributed by atoms with Gasteiger partial charge in [0.2, 0.25) is 0 Å². The maximum atomic E-state index is 12.0. The molecule has 98 valence electrons. The number of nitrogens with zero attached hydrogens (tertiary/aromatic N) is 2. The minimum absolute atomic E-state index is 0.0834. The van der Waals surface area contributed by atoms with Gasteiger partial charge in [0.05, 0.1) is 0 Å². The van der Waals surface area contributed by atoms with Crippen molar-refractivity contribution in [3.63, 3.8) is 0 Å². The third kappa shape index (κ3) is 3.30. The van der Waals surface area contributed by atoms with Crippen LogP contribution in [0.5, 0.6) is 0 Å². The number of rotatable bonds is 4. The van der Waals surface area contributed by atoms with E-state index in [4.69, 9.17) is 5.73 Å². The van der Waals surface area contributed by atoms with Crippen LogP contribution in [0.4, 0.5) is 5.69 Å². The summed E-state index contributed by atoms with van der Waals surface area (Å²) in [5, 5.41) is 0. The Kier molecular flexibility index (Phi) is 4.07. The average molecular weight is 269 g/mol. The van der Waals surface area contributed by atoms with E-state index in [1.807, 2.05) is 0 Å². The number of benzene rings is 1. The fourth-order valence-electron chi connectivity index (χ4n) is 1.26. The molecule has 0 amide bonds. The van der Waals surface area contributed by atoms with Crippen LogP contribution < -0.4 is 5.73 Å². The molecule has 1 aromatic carbocycles. The zero-order chi connectivity index (χ0) is 13.9. The Morgan fingerprint density at radius 2 is 2.00 bits per heavy atom. The van der Waals surface area contributed by atoms with Gasteiger partial charge < -0.3 is 10.6 Å². The Bertz CT molecular complexity index is 592. The Hall–Kier alpha value is -1.89. The highest BCUT2D eigenvalue weighted by Crippen LogP contribution is 2.21. The third-order valence-electron chi connectivity index (χ3n) is 2.08. The number of ketones is 1. The first kappa shape index (κ1) is 14.2. The van der Waals surface area contributed by atoms with E-state index < -0.39 is 10.0 Å². The highest BCUT2D eigenvalue weighted by molar-refractivity contribution is 7.90. The summed E-state index contributed by atoms with van der Waals surface area (Å²) in [4.78, 5) is 12.7. The topological polar surface area (TPSA) is 92.8 Å². The molecule has 0 aliphatic carbocycles. The molecule has 0 fully saturated rings. The van der Waals surface area contributed by atoms with E-state index in [0.29, 0.717) is 0 Å². The molecule has 0 aliphatic heterocycles. The second-order valence-electron chi connectivity index (χ2n) is 3.97. The molecule has 0 saturated carbocycles. The van der Waals surface area contributed by atoms with Crippen molar-refractivity contribution >= 4 is 27.8 Å². The van der Waals surface area contributed by atoms with Crippen molar-refractivity contribution in [1.82, 2.24) is 4.90 Å². The number of Topliss-reactive ketones (excluding diaryl/α,β-unsaturated/α-hetero) is 1. The van der Waals surface area contributed by atoms with E-state index in [0.717, 1.165) is 6.34 Å². The fourth-order valence-corrected chi connectivity index (χ4v) is 2.46. The van der Waals surface area contributed by atoms with Crippen LogP contribution in [-0.2, 0) is 10.0 Å². The first-order valence-electron chi connectivity index (χ1n) is 5.11. The summed E-state index contributed by atoms with van der Waals surface area (Å²) in [6, 6.07) is 4.10. The van der Waals surface area contributed by atoms with E-state index in [1.54, 1.807) is 14.1 Å². The largest absolute Gasteiger partial charge is 0.399 e. The van der Waals surface area contributed by atoms with Crippen LogP contribution in [0.1, 0.15) is 17.3 Å². The van der Waals surface area contributed by atoms with E-state index in [-0.39, 0.29) is 21.9 Å². The second kappa shape index (κ2) is 5.18. The zero-order valence-corrected chi connectivity index (χ0v) is 11.2. The van der Waals surface area contributed by atoms with Gasteiger partial charge in [0.15, 0.2) is 5.78 Å². The predicted molar refractivity (Wildman–Crippen MR) is 70.2 cm³/mol. The van der Waals surface area contributed by atoms with Crippen LogP contribution in [0.15, 0.2) is 27.5 Å². The second-order valence-corrected chi connectivity index (χ2v) is 5.57. The van der Waals surface area contributed by atoms with Crippen molar-refractivity contribution in [1.29, 1.82) is 0 Å². The lowest BCUT2D eigenvalue weighted by Crippen LogP contribution is -2.12. The summed E-state index contributed by atoms with van der Waals surface area (Å²) in [7, 11) is -0.640. The number of hydrogen-bond donors (Lipinski definition) is 1. The molecule has 18 heavy (non-hydrogen) atoms. The summed E-state index contributed by atoms with van der Waals surface area (Å²) >= 11 is 0. The number of sulfonamides is 1. The molecule has 0 aliphatic rings. The Balaban J connectivity index is 3.40. The summed E-state index contributed by atoms with van der Waals surface area (Å²) < 4.78 is 27.4. The van der Waals surface area contributed by atoms with Gasteiger partial charge in [-0.25, -0.2) is 0 Å². The summed E-state index contributed by atoms with van der Waals surface area (Å²) in [6.07, 6.45) is 1.16. The minimum Gasteiger partial charge on any atom is -0.399 e. The molecule has 0 radical (unpaired) electrons. The fraction of sp³-hybridized carbons (Fsp3) is 0.273. The van der Waals surface area contributed by atoms with Crippen molar-refractivity contribution in [3.8, 4) is 0 Å². The van der Waals surface area contributed by atoms with Gasteiger partial charge in [-0.1, -0.05) is 0 Å². The molecule has 1 rings (SSSR count). The molecule has 6 nitrogen and oxygen atoms in total. The van der Waals surface area contributed by atoms with Gasteiger partial charge in [-0.15, -0.1) is 4.40 Å². The Labute approximate surface area is 106 Å². The molecule has 0 atom stereocenters. The zero-order valence-electron chi connectivity index (χ0n) is 10.4. The number of hydrogen-bond acceptors (Lipinski definition) is 4. The maximum absolute atomic E-state index is 12.0. The van der Waals surface area contributed by atoms with Crippen LogP contribution >= 0.6 is 0 Å². The van der Waals surface area contributed by atoms with Crippen LogP contribution in [0, 0.1) is 0 Å². The molecular formula is C11H15N3O3S. The van der Waals surface area contributed by atoms with E-state index in [1.165, 1.54) is 30.0 Å². The van der Waals surface area contributed by atoms with Crippen LogP contribution in [-0.4, -0.2) is 39.5 Å². The smallest absolute Gasteiger partial charge is 0.284 e. The van der Waals surface area contributed by atoms with Crippen molar-refractivity contribution < 1.29 is 13.2 Å². The van der Waals surface area contributed by atoms with Gasteiger partial charge in [-0.3, -0.25) is 4.79 Å². The normalized spacial score (nSPS) is 11.7. The van der Waals surface area contributed by atoms with Gasteiger partial charge in [0, 0.05) is 25.3 Å². The van der Waals surface area contributed by atoms with Gasteiger partial charge in [-0.2, -0.15) is 8.42 Å². The lowest BCUT2D eigenvalue weighted by Gasteiger charge is -2.07. The molecule has 1 aromatic rings. The molecule has 2 N–H and O–H groups in total. The monoisotopic (exact) mass is 269 g/mol. The number of carbonyl (C=O) groups is 1. The predicted octanol–water partition coefficient (Wildman–Crippen LogP) is 0.750. The van der Waals surface area contributed by atoms with Crippen LogP contribution in [0.2, 0.25) is 0 Å². The average Bonchev–Trinajstić information content (AvgIpc) is 2.26. The molecule has 0 spiro atoms. The highest BCUT2D eigenvalue weighted by Gasteiger charge is 2.20. The maximum Gasteiger partial charge on any atom is 0.284 e. The first-order valence-corrected chi connectivity index (χ1v) is 6.55. The third-order valence-corrected chi connectivity index (χ3v) is 3.35. The van der Waals surface area contributed by atoms with E-state index in [9.17, 15) is 13.2 Å². The standard InChI is InChI=1S/C11H15N3O3S/c1-8(15)10-5-4-9(12)6-11(10)18(16,17)13-7-14(2)3/h4-7H,12H2,1-3H3. The summed E-state index contributed by atoms with van der Waals surface area (Å²) in [5.74, 6) is -0.353. The van der Waals surface area contributed by atoms with Crippen molar-refractivity contribution in [2.45, 2.75) is 11.8 Å². The molecule has 0 heterocycles. The van der Waals surface area contributed by atoms with Crippen molar-refractivity contribution in [3.05, 3.63) is 23.8 Å². The number of nitrogens with two attached hydrogens (primary N) is 1. The summed E-state index contributed by atoms with van der Waals surface area (Å²) in [6.45, 7) is 1.29. The molecule has 0 bridgehead atoms. The lowest BCUT2D eigenvalue weighted by molar-refractivity contribution is 0.101. The van der Waals surface area contributed by atoms with Crippen LogP contribution in [0.25, 0.3) is 0 Å². The number of carbonyl (C=O) groups excluding carboxylic acids is 1. The van der Waals surface area contributed by atoms with Crippen LogP contribution in [0.3, 0.4) is 0 Å². The number of nitrogen functional groups attached to an aromatic ring is 1. The van der Waals surface area contributed by atoms with Gasteiger partial charge in [0.25, 0.3) is 10.0 Å². The van der Waals surface area contributed by atoms with E-state index in [2.05, 4.69) is 4.40 Å². The Morgan fingerprint density at radius 3 is 2.50 bits per heavy atom. The number of anilines is 1. The lowest BCUT2D eigenvalue weighted by atomic mass is 10.1.